The fraction of sp³-hybridized carbons (Fsp3) is 0.154. The van der Waals surface area contributed by atoms with E-state index in [1.165, 1.54) is 70.8 Å². The zero-order valence-corrected chi connectivity index (χ0v) is 21.9. The lowest BCUT2D eigenvalue weighted by Gasteiger charge is -1.99. The van der Waals surface area contributed by atoms with Gasteiger partial charge in [-0.15, -0.1) is 45.3 Å². The van der Waals surface area contributed by atoms with Gasteiger partial charge < -0.3 is 18.0 Å². The molecule has 8 aromatic heterocycles. The number of benzene rings is 1. The molecule has 9 aromatic rings. The first-order chi connectivity index (χ1) is 16.5. The molecule has 0 aliphatic rings. The van der Waals surface area contributed by atoms with E-state index in [4.69, 9.17) is 8.83 Å². The predicted molar refractivity (Wildman–Crippen MR) is 150 cm³/mol. The van der Waals surface area contributed by atoms with Gasteiger partial charge in [0.05, 0.1) is 29.8 Å². The van der Waals surface area contributed by atoms with Crippen LogP contribution in [0.3, 0.4) is 0 Å². The Hall–Kier alpha value is -2.78. The molecule has 8 heteroatoms. The molecule has 0 spiro atoms. The van der Waals surface area contributed by atoms with Gasteiger partial charge in [0, 0.05) is 44.0 Å². The maximum atomic E-state index is 6.36. The number of rotatable bonds is 0. The average Bonchev–Trinajstić information content (AvgIpc) is 3.59. The van der Waals surface area contributed by atoms with Gasteiger partial charge in [0.2, 0.25) is 0 Å². The Morgan fingerprint density at radius 3 is 1.44 bits per heavy atom. The van der Waals surface area contributed by atoms with Crippen LogP contribution in [0.15, 0.2) is 33.1 Å². The van der Waals surface area contributed by atoms with Crippen LogP contribution in [0, 0.1) is 13.8 Å². The van der Waals surface area contributed by atoms with E-state index in [0.29, 0.717) is 0 Å². The van der Waals surface area contributed by atoms with E-state index in [2.05, 4.69) is 61.3 Å². The summed E-state index contributed by atoms with van der Waals surface area (Å²) in [6.45, 7) is 4.29. The monoisotopic (exact) mass is 516 g/mol. The van der Waals surface area contributed by atoms with Crippen molar-refractivity contribution < 1.29 is 8.83 Å². The lowest BCUT2D eigenvalue weighted by molar-refractivity contribution is 0.673. The number of furan rings is 2. The largest absolute Gasteiger partial charge is 0.452 e. The molecule has 0 fully saturated rings. The number of thiophene rings is 4. The Kier molecular flexibility index (Phi) is 3.11. The van der Waals surface area contributed by atoms with E-state index in [-0.39, 0.29) is 0 Å². The van der Waals surface area contributed by atoms with Crippen molar-refractivity contribution in [2.45, 2.75) is 13.8 Å². The smallest absolute Gasteiger partial charge is 0.172 e. The normalized spacial score (nSPS) is 13.3. The SMILES string of the molecule is Cc1cc2oc3c4sc5cc6c(cc5c4n(C)c3c2s1)sc1c2oc3cc(C)sc3c2n(C)c61. The highest BCUT2D eigenvalue weighted by atomic mass is 32.1. The van der Waals surface area contributed by atoms with Crippen LogP contribution in [-0.2, 0) is 14.1 Å². The van der Waals surface area contributed by atoms with Crippen molar-refractivity contribution in [2.24, 2.45) is 14.1 Å². The van der Waals surface area contributed by atoms with Gasteiger partial charge in [-0.3, -0.25) is 0 Å². The Morgan fingerprint density at radius 1 is 0.559 bits per heavy atom. The fourth-order valence-corrected chi connectivity index (χ4v) is 10.3. The van der Waals surface area contributed by atoms with Crippen LogP contribution in [0.25, 0.3) is 83.4 Å². The quantitative estimate of drug-likeness (QED) is 0.201. The van der Waals surface area contributed by atoms with Crippen LogP contribution in [-0.4, -0.2) is 9.13 Å². The summed E-state index contributed by atoms with van der Waals surface area (Å²) in [5.74, 6) is 0. The Bertz CT molecular complexity index is 2170. The standard InChI is InChI=1S/C26H16N2O2S4/c1-9-5-13-23(31-9)19-21(29-13)25-17(27(19)3)11-7-16-12(8-15(11)33-25)18-26(34-16)22-20(28(18)4)24-14(30-22)6-10(2)32-24/h5-8H,1-4H3. The molecule has 0 atom stereocenters. The second-order valence-corrected chi connectivity index (χ2v) is 13.8. The first-order valence-corrected chi connectivity index (χ1v) is 14.3. The number of hydrogen-bond donors (Lipinski definition) is 0. The number of hydrogen-bond acceptors (Lipinski definition) is 6. The van der Waals surface area contributed by atoms with Crippen LogP contribution in [0.5, 0.6) is 0 Å². The zero-order valence-electron chi connectivity index (χ0n) is 18.7. The Morgan fingerprint density at radius 2 is 1.00 bits per heavy atom. The zero-order chi connectivity index (χ0) is 22.6. The van der Waals surface area contributed by atoms with Crippen LogP contribution < -0.4 is 0 Å². The number of fused-ring (bicyclic) bond motifs is 14. The van der Waals surface area contributed by atoms with E-state index in [1.54, 1.807) is 0 Å². The van der Waals surface area contributed by atoms with Crippen molar-refractivity contribution in [2.75, 3.05) is 0 Å². The van der Waals surface area contributed by atoms with Crippen molar-refractivity contribution in [1.82, 2.24) is 9.13 Å². The van der Waals surface area contributed by atoms with Gasteiger partial charge in [0.1, 0.15) is 22.2 Å². The van der Waals surface area contributed by atoms with Gasteiger partial charge in [-0.25, -0.2) is 0 Å². The first kappa shape index (κ1) is 18.5. The molecule has 0 N–H and O–H groups in total. The molecular formula is C26H16N2O2S4. The fourth-order valence-electron chi connectivity index (χ4n) is 5.76. The molecule has 34 heavy (non-hydrogen) atoms. The van der Waals surface area contributed by atoms with Gasteiger partial charge in [0.15, 0.2) is 11.2 Å². The summed E-state index contributed by atoms with van der Waals surface area (Å²) in [6.07, 6.45) is 0. The average molecular weight is 517 g/mol. The van der Waals surface area contributed by atoms with Gasteiger partial charge >= 0.3 is 0 Å². The predicted octanol–water partition coefficient (Wildman–Crippen LogP) is 9.64. The molecule has 0 saturated heterocycles. The highest BCUT2D eigenvalue weighted by Crippen LogP contribution is 2.50. The Labute approximate surface area is 207 Å². The third-order valence-electron chi connectivity index (χ3n) is 7.13. The molecule has 0 radical (unpaired) electrons. The number of nitrogens with zero attached hydrogens (tertiary/aromatic N) is 2. The van der Waals surface area contributed by atoms with E-state index >= 15 is 0 Å². The minimum Gasteiger partial charge on any atom is -0.452 e. The summed E-state index contributed by atoms with van der Waals surface area (Å²) in [4.78, 5) is 2.58. The minimum absolute atomic E-state index is 1.01. The summed E-state index contributed by atoms with van der Waals surface area (Å²) in [5, 5.41) is 2.61. The van der Waals surface area contributed by atoms with Gasteiger partial charge in [0.25, 0.3) is 0 Å². The second kappa shape index (κ2) is 5.71. The Balaban J connectivity index is 1.42. The van der Waals surface area contributed by atoms with Crippen molar-refractivity contribution in [3.05, 3.63) is 34.0 Å². The molecule has 1 aromatic carbocycles. The molecule has 8 heterocycles. The third kappa shape index (κ3) is 1.95. The third-order valence-corrected chi connectivity index (χ3v) is 11.5. The van der Waals surface area contributed by atoms with Crippen LogP contribution in [0.2, 0.25) is 0 Å². The lowest BCUT2D eigenvalue weighted by atomic mass is 10.2. The van der Waals surface area contributed by atoms with Gasteiger partial charge in [-0.2, -0.15) is 0 Å². The van der Waals surface area contributed by atoms with E-state index in [0.717, 1.165) is 22.3 Å². The molecular weight excluding hydrogens is 501 g/mol. The van der Waals surface area contributed by atoms with Crippen molar-refractivity contribution >= 4 is 129 Å². The number of aromatic nitrogens is 2. The molecule has 4 nitrogen and oxygen atoms in total. The van der Waals surface area contributed by atoms with Crippen molar-refractivity contribution in [3.8, 4) is 0 Å². The van der Waals surface area contributed by atoms with E-state index < -0.39 is 0 Å². The molecule has 0 saturated carbocycles. The molecule has 0 aliphatic carbocycles. The van der Waals surface area contributed by atoms with Crippen LogP contribution >= 0.6 is 45.3 Å². The highest BCUT2D eigenvalue weighted by Gasteiger charge is 2.25. The summed E-state index contributed by atoms with van der Waals surface area (Å²) in [6, 6.07) is 9.07. The van der Waals surface area contributed by atoms with E-state index in [1.807, 2.05) is 45.3 Å². The molecule has 0 amide bonds. The molecule has 0 bridgehead atoms. The van der Waals surface area contributed by atoms with Crippen LogP contribution in [0.4, 0.5) is 0 Å². The number of aryl methyl sites for hydroxylation is 4. The highest BCUT2D eigenvalue weighted by molar-refractivity contribution is 7.28. The summed E-state index contributed by atoms with van der Waals surface area (Å²) in [5.41, 5.74) is 9.07. The second-order valence-electron chi connectivity index (χ2n) is 9.18. The maximum Gasteiger partial charge on any atom is 0.172 e. The van der Waals surface area contributed by atoms with Crippen LogP contribution in [0.1, 0.15) is 9.75 Å². The summed E-state index contributed by atoms with van der Waals surface area (Å²) in [7, 11) is 4.36. The topological polar surface area (TPSA) is 36.1 Å². The lowest BCUT2D eigenvalue weighted by Crippen LogP contribution is -1.86. The summed E-state index contributed by atoms with van der Waals surface area (Å²) >= 11 is 7.33. The molecule has 0 unspecified atom stereocenters. The van der Waals surface area contributed by atoms with Crippen molar-refractivity contribution in [1.29, 1.82) is 0 Å². The first-order valence-electron chi connectivity index (χ1n) is 11.0. The molecule has 0 aliphatic heterocycles. The van der Waals surface area contributed by atoms with Crippen molar-refractivity contribution in [3.63, 3.8) is 0 Å². The van der Waals surface area contributed by atoms with Gasteiger partial charge in [-0.05, 0) is 38.1 Å². The molecule has 166 valence electrons. The maximum absolute atomic E-state index is 6.36. The minimum atomic E-state index is 1.01. The van der Waals surface area contributed by atoms with Gasteiger partial charge in [-0.1, -0.05) is 0 Å². The molecule has 9 rings (SSSR count). The summed E-state index contributed by atoms with van der Waals surface area (Å²) < 4.78 is 25.0. The van der Waals surface area contributed by atoms with E-state index in [9.17, 15) is 0 Å².